The molecule has 1 heterocycles. The van der Waals surface area contributed by atoms with E-state index in [0.717, 1.165) is 4.98 Å². The first-order chi connectivity index (χ1) is 17.6. The molecule has 26 heteroatoms. The zero-order chi connectivity index (χ0) is 33.6. The molecule has 0 saturated heterocycles. The van der Waals surface area contributed by atoms with Crippen LogP contribution in [-0.2, 0) is 4.79 Å². The van der Waals surface area contributed by atoms with Crippen molar-refractivity contribution >= 4 is 6.29 Å². The molecule has 0 saturated carbocycles. The minimum Gasteiger partial charge on any atom is -0.412 e. The molecule has 0 bridgehead atoms. The van der Waals surface area contributed by atoms with E-state index in [1.807, 2.05) is 0 Å². The van der Waals surface area contributed by atoms with E-state index in [4.69, 9.17) is 10.2 Å². The summed E-state index contributed by atoms with van der Waals surface area (Å²) < 4.78 is 257. The molecule has 1 aromatic rings. The van der Waals surface area contributed by atoms with Crippen molar-refractivity contribution in [3.8, 4) is 0 Å². The smallest absolute Gasteiger partial charge is 0.412 e. The Balaban J connectivity index is 0. The summed E-state index contributed by atoms with van der Waals surface area (Å²) in [5.41, 5.74) is -3.64. The van der Waals surface area contributed by atoms with Crippen LogP contribution in [0.25, 0.3) is 0 Å². The Kier molecular flexibility index (Phi) is 11.7. The van der Waals surface area contributed by atoms with Crippen LogP contribution in [0.2, 0.25) is 0 Å². The number of aliphatic hydroxyl groups excluding tert-OH is 2. The monoisotopic (exact) mass is 679 g/mol. The average Bonchev–Trinajstić information content (AvgIpc) is 3.25. The first-order valence-electron chi connectivity index (χ1n) is 9.07. The van der Waals surface area contributed by atoms with Crippen molar-refractivity contribution in [1.82, 2.24) is 4.98 Å². The summed E-state index contributed by atoms with van der Waals surface area (Å²) in [7, 11) is 0. The van der Waals surface area contributed by atoms with Gasteiger partial charge in [0.2, 0.25) is 0 Å². The van der Waals surface area contributed by atoms with Crippen molar-refractivity contribution in [2.24, 2.45) is 0 Å². The Morgan fingerprint density at radius 2 is 0.762 bits per heavy atom. The van der Waals surface area contributed by atoms with Gasteiger partial charge in [-0.05, 0) is 12.1 Å². The second-order valence-electron chi connectivity index (χ2n) is 7.38. The zero-order valence-corrected chi connectivity index (χ0v) is 18.6. The van der Waals surface area contributed by atoms with E-state index in [0.29, 0.717) is 0 Å². The Bertz CT molecular complexity index is 980. The molecular formula is C16H10F21NO4. The average molecular weight is 679 g/mol. The van der Waals surface area contributed by atoms with E-state index < -0.39 is 83.9 Å². The van der Waals surface area contributed by atoms with Crippen LogP contribution in [-0.4, -0.2) is 81.0 Å². The summed E-state index contributed by atoms with van der Waals surface area (Å²) in [6.45, 7) is 0. The predicted molar refractivity (Wildman–Crippen MR) is 88.2 cm³/mol. The minimum atomic E-state index is -6.89. The molecule has 2 unspecified atom stereocenters. The summed E-state index contributed by atoms with van der Waals surface area (Å²) in [6, 6.07) is -0.212. The van der Waals surface area contributed by atoms with Gasteiger partial charge in [0, 0.05) is 0 Å². The lowest BCUT2D eigenvalue weighted by molar-refractivity contribution is -0.373. The quantitative estimate of drug-likeness (QED) is 0.234. The maximum Gasteiger partial charge on any atom is 0.460 e. The molecule has 0 amide bonds. The second kappa shape index (κ2) is 11.8. The molecule has 0 radical (unpaired) electrons. The lowest BCUT2D eigenvalue weighted by Crippen LogP contribution is -2.55. The van der Waals surface area contributed by atoms with Crippen LogP contribution < -0.4 is 0 Å². The molecule has 0 aliphatic heterocycles. The first kappa shape index (κ1) is 41.5. The fourth-order valence-electron chi connectivity index (χ4n) is 2.12. The lowest BCUT2D eigenvalue weighted by Gasteiger charge is -2.32. The van der Waals surface area contributed by atoms with Gasteiger partial charge in [-0.15, -0.1) is 0 Å². The van der Waals surface area contributed by atoms with Crippen LogP contribution in [0, 0.1) is 0 Å². The molecule has 2 atom stereocenters. The van der Waals surface area contributed by atoms with Crippen molar-refractivity contribution in [3.63, 3.8) is 0 Å². The molecule has 1 aromatic heterocycles. The number of rotatable bonds is 8. The maximum absolute atomic E-state index is 13.3. The highest BCUT2D eigenvalue weighted by Gasteiger charge is 2.77. The van der Waals surface area contributed by atoms with Crippen LogP contribution in [0.15, 0.2) is 12.1 Å². The molecule has 250 valence electrons. The fourth-order valence-corrected chi connectivity index (χ4v) is 2.12. The van der Waals surface area contributed by atoms with Gasteiger partial charge in [-0.2, -0.15) is 92.2 Å². The van der Waals surface area contributed by atoms with Crippen LogP contribution in [0.3, 0.4) is 0 Å². The van der Waals surface area contributed by atoms with E-state index in [2.05, 4.69) is 0 Å². The Morgan fingerprint density at radius 3 is 0.929 bits per heavy atom. The fraction of sp³-hybridized carbons (Fsp3) is 0.688. The normalized spacial score (nSPS) is 16.2. The van der Waals surface area contributed by atoms with Gasteiger partial charge >= 0.3 is 54.1 Å². The maximum atomic E-state index is 13.3. The summed E-state index contributed by atoms with van der Waals surface area (Å²) in [5.74, 6) is -38.4. The molecule has 5 nitrogen and oxygen atoms in total. The molecule has 1 rings (SSSR count). The number of hydrogen-bond acceptors (Lipinski definition) is 3. The number of aromatic nitrogens is 1. The number of carbonyl (C=O) groups is 1. The van der Waals surface area contributed by atoms with Crippen molar-refractivity contribution in [2.75, 3.05) is 0 Å². The third-order valence-electron chi connectivity index (χ3n) is 4.48. The Labute approximate surface area is 215 Å². The molecule has 0 aliphatic carbocycles. The molecule has 0 aromatic carbocycles. The minimum absolute atomic E-state index is 0. The predicted octanol–water partition coefficient (Wildman–Crippen LogP) is 5.94. The van der Waals surface area contributed by atoms with Crippen LogP contribution in [0.4, 0.5) is 92.2 Å². The van der Waals surface area contributed by atoms with Crippen LogP contribution >= 0.6 is 0 Å². The second-order valence-corrected chi connectivity index (χ2v) is 7.38. The first-order valence-corrected chi connectivity index (χ1v) is 9.07. The summed E-state index contributed by atoms with van der Waals surface area (Å²) in [6.07, 6.45) is -30.2. The molecule has 5 N–H and O–H groups in total. The number of aldehydes is 1. The van der Waals surface area contributed by atoms with Gasteiger partial charge in [0.1, 0.15) is 0 Å². The van der Waals surface area contributed by atoms with Gasteiger partial charge in [-0.25, -0.2) is 0 Å². The van der Waals surface area contributed by atoms with Crippen molar-refractivity contribution in [3.05, 3.63) is 23.5 Å². The van der Waals surface area contributed by atoms with Crippen LogP contribution in [0.1, 0.15) is 23.6 Å². The third kappa shape index (κ3) is 7.11. The van der Waals surface area contributed by atoms with E-state index in [9.17, 15) is 97.0 Å². The summed E-state index contributed by atoms with van der Waals surface area (Å²) in [4.78, 5) is 10.2. The van der Waals surface area contributed by atoms with Crippen LogP contribution in [0.5, 0.6) is 0 Å². The number of carbonyl (C=O) groups excluding carboxylic acids is 1. The summed E-state index contributed by atoms with van der Waals surface area (Å²) >= 11 is 0. The van der Waals surface area contributed by atoms with E-state index in [1.54, 1.807) is 0 Å². The number of aliphatic hydroxyl groups is 2. The number of aromatic amines is 1. The Hall–Kier alpha value is -2.64. The Morgan fingerprint density at radius 1 is 0.524 bits per heavy atom. The third-order valence-corrected chi connectivity index (χ3v) is 4.48. The highest BCUT2D eigenvalue weighted by atomic mass is 19.4. The van der Waals surface area contributed by atoms with Gasteiger partial charge in [-0.1, -0.05) is 0 Å². The van der Waals surface area contributed by atoms with Gasteiger partial charge in [0.25, 0.3) is 0 Å². The zero-order valence-electron chi connectivity index (χ0n) is 18.6. The topological polar surface area (TPSA) is 105 Å². The SMILES string of the molecule is O.O=CC(F)(F)C(F)(F)C(F)(F)F.OC(c1ccc(C(O)C(F)(F)C(F)(F)C(F)(F)F)[nH]1)C(F)(F)C(F)(F)C(F)(F)F. The van der Waals surface area contributed by atoms with E-state index >= 15 is 0 Å². The van der Waals surface area contributed by atoms with Gasteiger partial charge in [0.05, 0.1) is 11.4 Å². The number of H-pyrrole nitrogens is 1. The van der Waals surface area contributed by atoms with E-state index in [1.165, 1.54) is 0 Å². The number of alkyl halides is 21. The highest BCUT2D eigenvalue weighted by Crippen LogP contribution is 2.53. The molecule has 0 aliphatic rings. The standard InChI is InChI=1S/C12H7F14NO2.C4HF7O.H2O/c13-7(14,9(17,18)11(21,22)23)5(28)3-1-2-4(27-3)6(29)8(15,16)10(19,20)12(24,25)26;5-2(6,1-12)3(7,8)4(9,10)11;/h1-2,5-6,27-29H;1H;1H2. The van der Waals surface area contributed by atoms with Gasteiger partial charge in [0.15, 0.2) is 18.5 Å². The highest BCUT2D eigenvalue weighted by molar-refractivity contribution is 5.62. The molecule has 42 heavy (non-hydrogen) atoms. The lowest BCUT2D eigenvalue weighted by atomic mass is 10.0. The van der Waals surface area contributed by atoms with Crippen molar-refractivity contribution < 1.29 is 113 Å². The number of nitrogens with one attached hydrogen (secondary N) is 1. The van der Waals surface area contributed by atoms with Gasteiger partial charge in [-0.3, -0.25) is 4.79 Å². The molecular weight excluding hydrogens is 669 g/mol. The molecule has 0 spiro atoms. The van der Waals surface area contributed by atoms with Gasteiger partial charge < -0.3 is 20.7 Å². The largest absolute Gasteiger partial charge is 0.460 e. The van der Waals surface area contributed by atoms with Crippen molar-refractivity contribution in [2.45, 2.75) is 66.3 Å². The number of halogens is 21. The van der Waals surface area contributed by atoms with Crippen molar-refractivity contribution in [1.29, 1.82) is 0 Å². The summed E-state index contributed by atoms with van der Waals surface area (Å²) in [5, 5.41) is 18.2. The number of hydrogen-bond donors (Lipinski definition) is 3. The van der Waals surface area contributed by atoms with E-state index in [-0.39, 0.29) is 17.6 Å². The molecule has 0 fully saturated rings.